The topological polar surface area (TPSA) is 39.1 Å². The van der Waals surface area contributed by atoms with Gasteiger partial charge < -0.3 is 10.2 Å². The molecule has 0 bridgehead atoms. The van der Waals surface area contributed by atoms with E-state index in [0.717, 1.165) is 17.8 Å². The minimum Gasteiger partial charge on any atom is -0.372 e. The fourth-order valence-electron chi connectivity index (χ4n) is 3.02. The fraction of sp³-hybridized carbons (Fsp3) is 0.588. The first-order chi connectivity index (χ1) is 9.74. The molecule has 0 spiro atoms. The molecule has 1 N–H and O–H groups in total. The van der Waals surface area contributed by atoms with Crippen LogP contribution in [0.2, 0.25) is 0 Å². The zero-order valence-corrected chi connectivity index (χ0v) is 12.6. The van der Waals surface area contributed by atoms with E-state index >= 15 is 0 Å². The minimum absolute atomic E-state index is 0.601. The molecule has 1 aliphatic rings. The quantitative estimate of drug-likeness (QED) is 0.893. The fourth-order valence-corrected chi connectivity index (χ4v) is 3.02. The maximum Gasteiger partial charge on any atom is 0.0992 e. The largest absolute Gasteiger partial charge is 0.372 e. The zero-order chi connectivity index (χ0) is 14.4. The molecular formula is C17H25N3. The number of rotatable bonds is 5. The predicted octanol–water partition coefficient (Wildman–Crippen LogP) is 3.31. The van der Waals surface area contributed by atoms with E-state index < -0.39 is 0 Å². The van der Waals surface area contributed by atoms with Crippen molar-refractivity contribution in [2.24, 2.45) is 0 Å². The van der Waals surface area contributed by atoms with Crippen molar-refractivity contribution in [1.82, 2.24) is 5.32 Å². The SMILES string of the molecule is CCCNC1CCC(N(C)c2cccc(C#N)c2)CC1. The predicted molar refractivity (Wildman–Crippen MR) is 83.9 cm³/mol. The van der Waals surface area contributed by atoms with E-state index in [1.54, 1.807) is 0 Å². The van der Waals surface area contributed by atoms with Crippen LogP contribution in [0.3, 0.4) is 0 Å². The summed E-state index contributed by atoms with van der Waals surface area (Å²) in [6.45, 7) is 3.35. The van der Waals surface area contributed by atoms with Crippen LogP contribution in [0.15, 0.2) is 24.3 Å². The Hall–Kier alpha value is -1.53. The third-order valence-electron chi connectivity index (χ3n) is 4.31. The Morgan fingerprint density at radius 1 is 1.30 bits per heavy atom. The number of nitrogens with zero attached hydrogens (tertiary/aromatic N) is 2. The average molecular weight is 271 g/mol. The number of nitrogens with one attached hydrogen (secondary N) is 1. The van der Waals surface area contributed by atoms with Gasteiger partial charge in [-0.2, -0.15) is 5.26 Å². The molecule has 2 rings (SSSR count). The minimum atomic E-state index is 0.601. The monoisotopic (exact) mass is 271 g/mol. The Bertz CT molecular complexity index is 456. The summed E-state index contributed by atoms with van der Waals surface area (Å²) in [7, 11) is 2.15. The molecule has 0 amide bonds. The van der Waals surface area contributed by atoms with Gasteiger partial charge in [0.2, 0.25) is 0 Å². The molecule has 0 heterocycles. The summed E-state index contributed by atoms with van der Waals surface area (Å²) in [6, 6.07) is 11.4. The highest BCUT2D eigenvalue weighted by Crippen LogP contribution is 2.26. The number of nitriles is 1. The van der Waals surface area contributed by atoms with Crippen molar-refractivity contribution in [1.29, 1.82) is 5.26 Å². The highest BCUT2D eigenvalue weighted by Gasteiger charge is 2.23. The van der Waals surface area contributed by atoms with Crippen LogP contribution in [0.4, 0.5) is 5.69 Å². The second-order valence-corrected chi connectivity index (χ2v) is 5.73. The van der Waals surface area contributed by atoms with Gasteiger partial charge >= 0.3 is 0 Å². The molecule has 1 aliphatic carbocycles. The summed E-state index contributed by atoms with van der Waals surface area (Å²) >= 11 is 0. The van der Waals surface area contributed by atoms with Gasteiger partial charge in [-0.3, -0.25) is 0 Å². The molecule has 3 heteroatoms. The molecule has 0 radical (unpaired) electrons. The van der Waals surface area contributed by atoms with Crippen LogP contribution in [-0.2, 0) is 0 Å². The first-order valence-electron chi connectivity index (χ1n) is 7.71. The van der Waals surface area contributed by atoms with E-state index in [1.807, 2.05) is 18.2 Å². The van der Waals surface area contributed by atoms with Crippen molar-refractivity contribution in [2.45, 2.75) is 51.1 Å². The van der Waals surface area contributed by atoms with Crippen molar-refractivity contribution < 1.29 is 0 Å². The van der Waals surface area contributed by atoms with E-state index in [4.69, 9.17) is 5.26 Å². The molecule has 108 valence electrons. The molecule has 1 aromatic carbocycles. The summed E-state index contributed by atoms with van der Waals surface area (Å²) in [5, 5.41) is 12.6. The first kappa shape index (κ1) is 14.9. The van der Waals surface area contributed by atoms with Crippen LogP contribution >= 0.6 is 0 Å². The summed E-state index contributed by atoms with van der Waals surface area (Å²) in [5.74, 6) is 0. The van der Waals surface area contributed by atoms with E-state index in [-0.39, 0.29) is 0 Å². The van der Waals surface area contributed by atoms with Crippen molar-refractivity contribution >= 4 is 5.69 Å². The van der Waals surface area contributed by atoms with Crippen LogP contribution in [0.1, 0.15) is 44.6 Å². The zero-order valence-electron chi connectivity index (χ0n) is 12.6. The second-order valence-electron chi connectivity index (χ2n) is 5.73. The third-order valence-corrected chi connectivity index (χ3v) is 4.31. The van der Waals surface area contributed by atoms with Gasteiger partial charge in [-0.1, -0.05) is 13.0 Å². The van der Waals surface area contributed by atoms with E-state index in [9.17, 15) is 0 Å². The lowest BCUT2D eigenvalue weighted by atomic mass is 9.90. The lowest BCUT2D eigenvalue weighted by molar-refractivity contribution is 0.337. The Labute approximate surface area is 122 Å². The van der Waals surface area contributed by atoms with Crippen molar-refractivity contribution in [3.8, 4) is 6.07 Å². The van der Waals surface area contributed by atoms with Gasteiger partial charge in [0.1, 0.15) is 0 Å². The Morgan fingerprint density at radius 3 is 2.70 bits per heavy atom. The van der Waals surface area contributed by atoms with Gasteiger partial charge in [0, 0.05) is 24.8 Å². The molecule has 1 saturated carbocycles. The summed E-state index contributed by atoms with van der Waals surface area (Å²) in [6.07, 6.45) is 6.18. The third kappa shape index (κ3) is 3.74. The van der Waals surface area contributed by atoms with Crippen molar-refractivity contribution in [3.05, 3.63) is 29.8 Å². The van der Waals surface area contributed by atoms with Crippen LogP contribution < -0.4 is 10.2 Å². The van der Waals surface area contributed by atoms with E-state index in [2.05, 4.69) is 36.3 Å². The van der Waals surface area contributed by atoms with Gasteiger partial charge in [-0.05, 0) is 56.8 Å². The first-order valence-corrected chi connectivity index (χ1v) is 7.71. The number of anilines is 1. The molecule has 0 saturated heterocycles. The molecule has 3 nitrogen and oxygen atoms in total. The lowest BCUT2D eigenvalue weighted by Crippen LogP contribution is -2.41. The highest BCUT2D eigenvalue weighted by molar-refractivity contribution is 5.51. The van der Waals surface area contributed by atoms with Gasteiger partial charge in [-0.15, -0.1) is 0 Å². The van der Waals surface area contributed by atoms with Crippen molar-refractivity contribution in [3.63, 3.8) is 0 Å². The lowest BCUT2D eigenvalue weighted by Gasteiger charge is -2.36. The molecule has 1 aromatic rings. The molecule has 0 unspecified atom stereocenters. The summed E-state index contributed by atoms with van der Waals surface area (Å²) < 4.78 is 0. The van der Waals surface area contributed by atoms with Crippen LogP contribution in [0, 0.1) is 11.3 Å². The van der Waals surface area contributed by atoms with Crippen molar-refractivity contribution in [2.75, 3.05) is 18.5 Å². The smallest absolute Gasteiger partial charge is 0.0992 e. The number of hydrogen-bond acceptors (Lipinski definition) is 3. The summed E-state index contributed by atoms with van der Waals surface area (Å²) in [5.41, 5.74) is 1.90. The molecule has 1 fully saturated rings. The van der Waals surface area contributed by atoms with Crippen LogP contribution in [0.25, 0.3) is 0 Å². The summed E-state index contributed by atoms with van der Waals surface area (Å²) in [4.78, 5) is 2.34. The van der Waals surface area contributed by atoms with Gasteiger partial charge in [0.05, 0.1) is 11.6 Å². The molecule has 0 atom stereocenters. The maximum atomic E-state index is 8.99. The maximum absolute atomic E-state index is 8.99. The molecule has 0 aromatic heterocycles. The standard InChI is InChI=1S/C17H25N3/c1-3-11-19-15-7-9-16(10-8-15)20(2)17-6-4-5-14(12-17)13-18/h4-6,12,15-16,19H,3,7-11H2,1-2H3. The molecular weight excluding hydrogens is 246 g/mol. The highest BCUT2D eigenvalue weighted by atomic mass is 15.1. The van der Waals surface area contributed by atoms with Gasteiger partial charge in [0.15, 0.2) is 0 Å². The normalized spacial score (nSPS) is 22.2. The number of hydrogen-bond donors (Lipinski definition) is 1. The second kappa shape index (κ2) is 7.31. The molecule has 20 heavy (non-hydrogen) atoms. The van der Waals surface area contributed by atoms with Crippen LogP contribution in [-0.4, -0.2) is 25.7 Å². The van der Waals surface area contributed by atoms with E-state index in [0.29, 0.717) is 12.1 Å². The Kier molecular flexibility index (Phi) is 5.43. The van der Waals surface area contributed by atoms with E-state index in [1.165, 1.54) is 32.1 Å². The molecule has 0 aliphatic heterocycles. The van der Waals surface area contributed by atoms with Gasteiger partial charge in [0.25, 0.3) is 0 Å². The van der Waals surface area contributed by atoms with Gasteiger partial charge in [-0.25, -0.2) is 0 Å². The Morgan fingerprint density at radius 2 is 2.05 bits per heavy atom. The average Bonchev–Trinajstić information content (AvgIpc) is 2.52. The number of benzene rings is 1. The van der Waals surface area contributed by atoms with Crippen LogP contribution in [0.5, 0.6) is 0 Å². The Balaban J connectivity index is 1.91.